The standard InChI is InChI=1S/C12H24N4O2S/c1-4-11-13-10-12(15-11)19(17,18)14-8-7-9-16(5-2)6-3/h10,14H,4-9H2,1-3H3,(H,13,15). The Kier molecular flexibility index (Phi) is 6.47. The average Bonchev–Trinajstić information content (AvgIpc) is 2.88. The Morgan fingerprint density at radius 2 is 2.00 bits per heavy atom. The van der Waals surface area contributed by atoms with Crippen molar-refractivity contribution in [1.29, 1.82) is 0 Å². The van der Waals surface area contributed by atoms with Gasteiger partial charge < -0.3 is 9.88 Å². The molecule has 0 radical (unpaired) electrons. The summed E-state index contributed by atoms with van der Waals surface area (Å²) in [7, 11) is -3.45. The van der Waals surface area contributed by atoms with Crippen LogP contribution in [0.5, 0.6) is 0 Å². The van der Waals surface area contributed by atoms with Crippen LogP contribution >= 0.6 is 0 Å². The summed E-state index contributed by atoms with van der Waals surface area (Å²) in [5.41, 5.74) is 0. The van der Waals surface area contributed by atoms with Gasteiger partial charge in [0, 0.05) is 13.0 Å². The van der Waals surface area contributed by atoms with Crippen LogP contribution in [0.1, 0.15) is 33.0 Å². The first-order valence-electron chi connectivity index (χ1n) is 6.79. The lowest BCUT2D eigenvalue weighted by Crippen LogP contribution is -2.30. The second-order valence-corrected chi connectivity index (χ2v) is 6.06. The molecule has 0 fully saturated rings. The van der Waals surface area contributed by atoms with E-state index in [1.807, 2.05) is 6.92 Å². The van der Waals surface area contributed by atoms with Gasteiger partial charge in [0.05, 0.1) is 6.20 Å². The first-order chi connectivity index (χ1) is 9.03. The molecule has 0 spiro atoms. The number of rotatable bonds is 9. The maximum absolute atomic E-state index is 11.9. The molecule has 1 heterocycles. The molecule has 7 heteroatoms. The van der Waals surface area contributed by atoms with Crippen molar-refractivity contribution in [2.75, 3.05) is 26.2 Å². The topological polar surface area (TPSA) is 78.1 Å². The van der Waals surface area contributed by atoms with Crippen LogP contribution < -0.4 is 4.72 Å². The lowest BCUT2D eigenvalue weighted by molar-refractivity contribution is 0.300. The molecule has 0 aliphatic heterocycles. The summed E-state index contributed by atoms with van der Waals surface area (Å²) in [5.74, 6) is 0.684. The highest BCUT2D eigenvalue weighted by Gasteiger charge is 2.16. The zero-order valence-electron chi connectivity index (χ0n) is 11.9. The van der Waals surface area contributed by atoms with Gasteiger partial charge in [0.1, 0.15) is 5.82 Å². The van der Waals surface area contributed by atoms with Crippen LogP contribution in [0.4, 0.5) is 0 Å². The first kappa shape index (κ1) is 16.1. The third kappa shape index (κ3) is 4.93. The predicted molar refractivity (Wildman–Crippen MR) is 75.6 cm³/mol. The summed E-state index contributed by atoms with van der Waals surface area (Å²) < 4.78 is 26.5. The second-order valence-electron chi connectivity index (χ2n) is 4.33. The number of hydrogen-bond acceptors (Lipinski definition) is 4. The largest absolute Gasteiger partial charge is 0.332 e. The molecule has 1 rings (SSSR count). The van der Waals surface area contributed by atoms with E-state index in [-0.39, 0.29) is 5.03 Å². The molecule has 0 saturated heterocycles. The Morgan fingerprint density at radius 1 is 1.32 bits per heavy atom. The summed E-state index contributed by atoms with van der Waals surface area (Å²) in [6.45, 7) is 9.45. The van der Waals surface area contributed by atoms with Gasteiger partial charge in [0.15, 0.2) is 5.03 Å². The molecule has 0 unspecified atom stereocenters. The van der Waals surface area contributed by atoms with Crippen LogP contribution in [0.2, 0.25) is 0 Å². The van der Waals surface area contributed by atoms with Gasteiger partial charge in [-0.25, -0.2) is 18.1 Å². The predicted octanol–water partition coefficient (Wildman–Crippen LogP) is 0.982. The highest BCUT2D eigenvalue weighted by atomic mass is 32.2. The smallest absolute Gasteiger partial charge is 0.257 e. The molecule has 0 aromatic carbocycles. The fourth-order valence-corrected chi connectivity index (χ4v) is 2.80. The van der Waals surface area contributed by atoms with Crippen LogP contribution in [0, 0.1) is 0 Å². The van der Waals surface area contributed by atoms with Crippen molar-refractivity contribution < 1.29 is 8.42 Å². The van der Waals surface area contributed by atoms with Gasteiger partial charge in [0.2, 0.25) is 0 Å². The van der Waals surface area contributed by atoms with Crippen LogP contribution in [0.15, 0.2) is 11.2 Å². The number of sulfonamides is 1. The molecule has 1 aromatic heterocycles. The molecule has 0 amide bonds. The van der Waals surface area contributed by atoms with Crippen molar-refractivity contribution in [3.05, 3.63) is 12.0 Å². The minimum atomic E-state index is -3.45. The van der Waals surface area contributed by atoms with Crippen molar-refractivity contribution in [2.24, 2.45) is 0 Å². The van der Waals surface area contributed by atoms with E-state index in [0.717, 1.165) is 26.1 Å². The highest BCUT2D eigenvalue weighted by molar-refractivity contribution is 7.89. The highest BCUT2D eigenvalue weighted by Crippen LogP contribution is 2.05. The Hall–Kier alpha value is -0.920. The molecule has 0 atom stereocenters. The van der Waals surface area contributed by atoms with Crippen molar-refractivity contribution >= 4 is 10.0 Å². The minimum Gasteiger partial charge on any atom is -0.332 e. The quantitative estimate of drug-likeness (QED) is 0.664. The monoisotopic (exact) mass is 288 g/mol. The number of imidazole rings is 1. The van der Waals surface area contributed by atoms with Crippen molar-refractivity contribution in [3.8, 4) is 0 Å². The van der Waals surface area contributed by atoms with E-state index in [4.69, 9.17) is 0 Å². The zero-order valence-corrected chi connectivity index (χ0v) is 12.8. The van der Waals surface area contributed by atoms with Crippen LogP contribution in [-0.2, 0) is 16.4 Å². The number of nitrogens with zero attached hydrogens (tertiary/aromatic N) is 2. The number of aromatic nitrogens is 2. The van der Waals surface area contributed by atoms with E-state index < -0.39 is 10.0 Å². The number of hydrogen-bond donors (Lipinski definition) is 2. The van der Waals surface area contributed by atoms with Crippen LogP contribution in [0.3, 0.4) is 0 Å². The van der Waals surface area contributed by atoms with Crippen molar-refractivity contribution in [3.63, 3.8) is 0 Å². The van der Waals surface area contributed by atoms with E-state index in [2.05, 4.69) is 33.4 Å². The van der Waals surface area contributed by atoms with Gasteiger partial charge >= 0.3 is 0 Å². The van der Waals surface area contributed by atoms with Crippen LogP contribution in [-0.4, -0.2) is 49.5 Å². The van der Waals surface area contributed by atoms with E-state index in [1.165, 1.54) is 6.20 Å². The summed E-state index contributed by atoms with van der Waals surface area (Å²) in [6.07, 6.45) is 2.86. The number of nitrogens with one attached hydrogen (secondary N) is 2. The lowest BCUT2D eigenvalue weighted by Gasteiger charge is -2.17. The van der Waals surface area contributed by atoms with Gasteiger partial charge in [-0.1, -0.05) is 20.8 Å². The number of H-pyrrole nitrogens is 1. The van der Waals surface area contributed by atoms with E-state index >= 15 is 0 Å². The van der Waals surface area contributed by atoms with Gasteiger partial charge in [-0.15, -0.1) is 0 Å². The maximum atomic E-state index is 11.9. The molecule has 0 bridgehead atoms. The second kappa shape index (κ2) is 7.62. The fraction of sp³-hybridized carbons (Fsp3) is 0.750. The van der Waals surface area contributed by atoms with Gasteiger partial charge in [0.25, 0.3) is 10.0 Å². The third-order valence-corrected chi connectivity index (χ3v) is 4.44. The molecule has 6 nitrogen and oxygen atoms in total. The van der Waals surface area contributed by atoms with Gasteiger partial charge in [-0.05, 0) is 26.1 Å². The van der Waals surface area contributed by atoms with E-state index in [1.54, 1.807) is 0 Å². The average molecular weight is 288 g/mol. The Labute approximate surface area is 115 Å². The molecule has 110 valence electrons. The van der Waals surface area contributed by atoms with E-state index in [9.17, 15) is 8.42 Å². The molecule has 1 aromatic rings. The number of aryl methyl sites for hydroxylation is 1. The summed E-state index contributed by atoms with van der Waals surface area (Å²) in [5, 5.41) is 0.146. The van der Waals surface area contributed by atoms with Crippen molar-refractivity contribution in [2.45, 2.75) is 38.6 Å². The fourth-order valence-electron chi connectivity index (χ4n) is 1.79. The maximum Gasteiger partial charge on any atom is 0.257 e. The lowest BCUT2D eigenvalue weighted by atomic mass is 10.4. The molecule has 0 aliphatic rings. The van der Waals surface area contributed by atoms with Crippen molar-refractivity contribution in [1.82, 2.24) is 19.6 Å². The molecule has 0 aliphatic carbocycles. The Morgan fingerprint density at radius 3 is 2.53 bits per heavy atom. The number of aromatic amines is 1. The Balaban J connectivity index is 2.43. The normalized spacial score (nSPS) is 12.2. The van der Waals surface area contributed by atoms with Gasteiger partial charge in [-0.2, -0.15) is 0 Å². The molecular formula is C12H24N4O2S. The summed E-state index contributed by atoms with van der Waals surface area (Å²) in [4.78, 5) is 9.07. The minimum absolute atomic E-state index is 0.146. The third-order valence-electron chi connectivity index (χ3n) is 3.07. The molecule has 2 N–H and O–H groups in total. The molecule has 19 heavy (non-hydrogen) atoms. The summed E-state index contributed by atoms with van der Waals surface area (Å²) >= 11 is 0. The zero-order chi connectivity index (χ0) is 14.3. The Bertz CT molecular complexity index is 466. The first-order valence-corrected chi connectivity index (χ1v) is 8.27. The van der Waals surface area contributed by atoms with Gasteiger partial charge in [-0.3, -0.25) is 0 Å². The SMILES string of the molecule is CCc1ncc(S(=O)(=O)NCCCN(CC)CC)[nH]1. The molecule has 0 saturated carbocycles. The van der Waals surface area contributed by atoms with E-state index in [0.29, 0.717) is 18.8 Å². The molecular weight excluding hydrogens is 264 g/mol. The summed E-state index contributed by atoms with van der Waals surface area (Å²) in [6, 6.07) is 0. The van der Waals surface area contributed by atoms with Crippen LogP contribution in [0.25, 0.3) is 0 Å².